The molecule has 1 aromatic carbocycles. The van der Waals surface area contributed by atoms with Gasteiger partial charge in [0.05, 0.1) is 0 Å². The number of hydrogen-bond donors (Lipinski definition) is 0. The van der Waals surface area contributed by atoms with Crippen LogP contribution in [0.2, 0.25) is 0 Å². The molecule has 0 fully saturated rings. The summed E-state index contributed by atoms with van der Waals surface area (Å²) in [7, 11) is 0. The first-order valence-electron chi connectivity index (χ1n) is 3.86. The zero-order chi connectivity index (χ0) is 9.84. The predicted molar refractivity (Wildman–Crippen MR) is 53.9 cm³/mol. The Morgan fingerprint density at radius 2 is 2.23 bits per heavy atom. The molecule has 0 atom stereocenters. The zero-order valence-electron chi connectivity index (χ0n) is 7.21. The molecule has 13 heavy (non-hydrogen) atoms. The molecule has 0 saturated heterocycles. The highest BCUT2D eigenvalue weighted by molar-refractivity contribution is 9.10. The highest BCUT2D eigenvalue weighted by Crippen LogP contribution is 2.15. The van der Waals surface area contributed by atoms with Gasteiger partial charge in [-0.25, -0.2) is 0 Å². The fraction of sp³-hybridized carbons (Fsp3) is 0.200. The minimum absolute atomic E-state index is 0.0606. The van der Waals surface area contributed by atoms with Gasteiger partial charge in [-0.2, -0.15) is 0 Å². The molecule has 0 aromatic heterocycles. The third kappa shape index (κ3) is 2.77. The van der Waals surface area contributed by atoms with E-state index in [2.05, 4.69) is 15.9 Å². The number of hydrogen-bond acceptors (Lipinski definition) is 2. The summed E-state index contributed by atoms with van der Waals surface area (Å²) in [5, 5.41) is 0. The van der Waals surface area contributed by atoms with Gasteiger partial charge < -0.3 is 0 Å². The Morgan fingerprint density at radius 3 is 2.77 bits per heavy atom. The predicted octanol–water partition coefficient (Wildman–Crippen LogP) is 2.39. The lowest BCUT2D eigenvalue weighted by atomic mass is 10.0. The van der Waals surface area contributed by atoms with Gasteiger partial charge in [-0.15, -0.1) is 0 Å². The summed E-state index contributed by atoms with van der Waals surface area (Å²) in [6.07, 6.45) is 1.09. The molecule has 3 heteroatoms. The lowest BCUT2D eigenvalue weighted by molar-refractivity contribution is -0.116. The zero-order valence-corrected chi connectivity index (χ0v) is 8.80. The average Bonchev–Trinajstić information content (AvgIpc) is 2.07. The summed E-state index contributed by atoms with van der Waals surface area (Å²) in [5.41, 5.74) is 1.36. The summed E-state index contributed by atoms with van der Waals surface area (Å²) in [5.74, 6) is 0.0606. The number of carbonyl (C=O) groups is 2. The summed E-state index contributed by atoms with van der Waals surface area (Å²) < 4.78 is 0.849. The van der Waals surface area contributed by atoms with Crippen LogP contribution in [0.5, 0.6) is 0 Å². The van der Waals surface area contributed by atoms with Gasteiger partial charge in [-0.05, 0) is 24.6 Å². The molecule has 0 amide bonds. The lowest BCUT2D eigenvalue weighted by Gasteiger charge is -2.02. The number of Topliss-reactive ketones (excluding diaryl/α,β-unsaturated/α-hetero) is 1. The number of aldehydes is 1. The van der Waals surface area contributed by atoms with Gasteiger partial charge in [-0.3, -0.25) is 9.59 Å². The van der Waals surface area contributed by atoms with Crippen LogP contribution < -0.4 is 0 Å². The van der Waals surface area contributed by atoms with Gasteiger partial charge in [0.15, 0.2) is 0 Å². The molecule has 1 rings (SSSR count). The third-order valence-corrected chi connectivity index (χ3v) is 2.17. The Kier molecular flexibility index (Phi) is 3.37. The molecule has 0 unspecified atom stereocenters. The Morgan fingerprint density at radius 1 is 1.54 bits per heavy atom. The standard InChI is InChI=1S/C10H9BrO2/c1-7(13)4-8-2-3-10(11)5-9(8)6-12/h2-3,5-6H,4H2,1H3. The summed E-state index contributed by atoms with van der Waals surface area (Å²) in [4.78, 5) is 21.5. The topological polar surface area (TPSA) is 34.1 Å². The van der Waals surface area contributed by atoms with Crippen molar-refractivity contribution < 1.29 is 9.59 Å². The van der Waals surface area contributed by atoms with Crippen LogP contribution in [-0.4, -0.2) is 12.1 Å². The van der Waals surface area contributed by atoms with Crippen molar-refractivity contribution in [3.8, 4) is 0 Å². The largest absolute Gasteiger partial charge is 0.300 e. The van der Waals surface area contributed by atoms with Crippen molar-refractivity contribution in [1.29, 1.82) is 0 Å². The first kappa shape index (κ1) is 10.1. The second-order valence-electron chi connectivity index (χ2n) is 2.84. The number of halogens is 1. The van der Waals surface area contributed by atoms with E-state index in [0.717, 1.165) is 16.3 Å². The average molecular weight is 241 g/mol. The van der Waals surface area contributed by atoms with Crippen LogP contribution in [0.1, 0.15) is 22.8 Å². The fourth-order valence-electron chi connectivity index (χ4n) is 1.10. The van der Waals surface area contributed by atoms with Gasteiger partial charge in [0.25, 0.3) is 0 Å². The van der Waals surface area contributed by atoms with Crippen molar-refractivity contribution in [2.24, 2.45) is 0 Å². The van der Waals surface area contributed by atoms with Crippen molar-refractivity contribution in [3.05, 3.63) is 33.8 Å². The second-order valence-corrected chi connectivity index (χ2v) is 3.76. The lowest BCUT2D eigenvalue weighted by Crippen LogP contribution is -2.00. The monoisotopic (exact) mass is 240 g/mol. The Bertz CT molecular complexity index is 345. The maximum Gasteiger partial charge on any atom is 0.150 e. The van der Waals surface area contributed by atoms with Gasteiger partial charge in [0.2, 0.25) is 0 Å². The number of ketones is 1. The minimum atomic E-state index is 0.0606. The summed E-state index contributed by atoms with van der Waals surface area (Å²) in [6.45, 7) is 1.51. The van der Waals surface area contributed by atoms with E-state index in [4.69, 9.17) is 0 Å². The van der Waals surface area contributed by atoms with Crippen molar-refractivity contribution in [2.45, 2.75) is 13.3 Å². The molecule has 68 valence electrons. The maximum absolute atomic E-state index is 10.8. The van der Waals surface area contributed by atoms with E-state index in [1.54, 1.807) is 12.1 Å². The van der Waals surface area contributed by atoms with Crippen LogP contribution in [0.15, 0.2) is 22.7 Å². The molecule has 0 N–H and O–H groups in total. The molecule has 0 bridgehead atoms. The van der Waals surface area contributed by atoms with E-state index in [9.17, 15) is 9.59 Å². The van der Waals surface area contributed by atoms with E-state index in [0.29, 0.717) is 12.0 Å². The smallest absolute Gasteiger partial charge is 0.150 e. The van der Waals surface area contributed by atoms with Gasteiger partial charge >= 0.3 is 0 Å². The first-order chi connectivity index (χ1) is 6.13. The van der Waals surface area contributed by atoms with Crippen molar-refractivity contribution >= 4 is 28.0 Å². The molecule has 0 spiro atoms. The quantitative estimate of drug-likeness (QED) is 0.761. The Balaban J connectivity index is 3.05. The molecule has 0 aliphatic rings. The molecule has 0 aliphatic carbocycles. The molecule has 1 aromatic rings. The van der Waals surface area contributed by atoms with E-state index < -0.39 is 0 Å². The molecule has 0 radical (unpaired) electrons. The Hall–Kier alpha value is -0.960. The minimum Gasteiger partial charge on any atom is -0.300 e. The van der Waals surface area contributed by atoms with Gasteiger partial charge in [0.1, 0.15) is 12.1 Å². The normalized spacial score (nSPS) is 9.69. The van der Waals surface area contributed by atoms with Gasteiger partial charge in [-0.1, -0.05) is 22.0 Å². The maximum atomic E-state index is 10.8. The summed E-state index contributed by atoms with van der Waals surface area (Å²) >= 11 is 3.26. The number of rotatable bonds is 3. The van der Waals surface area contributed by atoms with Crippen LogP contribution in [-0.2, 0) is 11.2 Å². The van der Waals surface area contributed by atoms with E-state index in [-0.39, 0.29) is 5.78 Å². The highest BCUT2D eigenvalue weighted by atomic mass is 79.9. The third-order valence-electron chi connectivity index (χ3n) is 1.67. The van der Waals surface area contributed by atoms with Crippen LogP contribution >= 0.6 is 15.9 Å². The molecule has 2 nitrogen and oxygen atoms in total. The van der Waals surface area contributed by atoms with Gasteiger partial charge in [0, 0.05) is 16.5 Å². The first-order valence-corrected chi connectivity index (χ1v) is 4.66. The van der Waals surface area contributed by atoms with Crippen LogP contribution in [0.3, 0.4) is 0 Å². The molecule has 0 heterocycles. The SMILES string of the molecule is CC(=O)Cc1ccc(Br)cc1C=O. The van der Waals surface area contributed by atoms with Crippen molar-refractivity contribution in [2.75, 3.05) is 0 Å². The van der Waals surface area contributed by atoms with E-state index in [1.165, 1.54) is 6.92 Å². The molecule has 0 saturated carbocycles. The fourth-order valence-corrected chi connectivity index (χ4v) is 1.48. The molecular weight excluding hydrogens is 232 g/mol. The van der Waals surface area contributed by atoms with Crippen molar-refractivity contribution in [1.82, 2.24) is 0 Å². The van der Waals surface area contributed by atoms with Crippen LogP contribution in [0.4, 0.5) is 0 Å². The van der Waals surface area contributed by atoms with E-state index in [1.807, 2.05) is 6.07 Å². The Labute approximate surface area is 85.1 Å². The number of carbonyl (C=O) groups excluding carboxylic acids is 2. The second kappa shape index (κ2) is 4.33. The van der Waals surface area contributed by atoms with Crippen LogP contribution in [0.25, 0.3) is 0 Å². The molecular formula is C10H9BrO2. The summed E-state index contributed by atoms with van der Waals surface area (Å²) in [6, 6.07) is 5.33. The highest BCUT2D eigenvalue weighted by Gasteiger charge is 2.04. The van der Waals surface area contributed by atoms with E-state index >= 15 is 0 Å². The van der Waals surface area contributed by atoms with Crippen LogP contribution in [0, 0.1) is 0 Å². The number of benzene rings is 1. The molecule has 0 aliphatic heterocycles. The van der Waals surface area contributed by atoms with Crippen molar-refractivity contribution in [3.63, 3.8) is 0 Å².